The molecule has 162 valence electrons. The number of thioether (sulfide) groups is 1. The van der Waals surface area contributed by atoms with Crippen molar-refractivity contribution in [2.75, 3.05) is 24.5 Å². The van der Waals surface area contributed by atoms with Gasteiger partial charge in [-0.1, -0.05) is 36.1 Å². The first-order valence-electron chi connectivity index (χ1n) is 10.1. The number of aryl methyl sites for hydroxylation is 1. The second-order valence-electron chi connectivity index (χ2n) is 7.83. The lowest BCUT2D eigenvalue weighted by Gasteiger charge is -2.36. The first kappa shape index (κ1) is 21.7. The van der Waals surface area contributed by atoms with E-state index in [1.165, 1.54) is 21.1 Å². The van der Waals surface area contributed by atoms with Gasteiger partial charge in [-0.25, -0.2) is 4.98 Å². The van der Waals surface area contributed by atoms with E-state index in [2.05, 4.69) is 11.5 Å². The van der Waals surface area contributed by atoms with Crippen LogP contribution in [-0.2, 0) is 9.53 Å². The van der Waals surface area contributed by atoms with E-state index in [-0.39, 0.29) is 23.7 Å². The Morgan fingerprint density at radius 3 is 2.68 bits per heavy atom. The van der Waals surface area contributed by atoms with Crippen LogP contribution >= 0.6 is 24.0 Å². The topological polar surface area (TPSA) is 67.2 Å². The molecule has 0 radical (unpaired) electrons. The lowest BCUT2D eigenvalue weighted by molar-refractivity contribution is -0.121. The summed E-state index contributed by atoms with van der Waals surface area (Å²) in [6.07, 6.45) is 5.03. The maximum atomic E-state index is 13.5. The molecule has 9 heteroatoms. The van der Waals surface area contributed by atoms with Crippen LogP contribution in [0.25, 0.3) is 11.7 Å². The number of nitrogens with zero attached hydrogens (tertiary/aromatic N) is 4. The Balaban J connectivity index is 1.89. The zero-order valence-electron chi connectivity index (χ0n) is 17.7. The molecule has 0 aromatic carbocycles. The molecule has 2 atom stereocenters. The molecule has 2 unspecified atom stereocenters. The predicted molar refractivity (Wildman–Crippen MR) is 128 cm³/mol. The predicted octanol–water partition coefficient (Wildman–Crippen LogP) is 3.00. The van der Waals surface area contributed by atoms with Crippen LogP contribution in [0.5, 0.6) is 0 Å². The van der Waals surface area contributed by atoms with Gasteiger partial charge in [0, 0.05) is 25.8 Å². The van der Waals surface area contributed by atoms with Crippen LogP contribution in [0, 0.1) is 6.92 Å². The average molecular weight is 457 g/mol. The highest BCUT2D eigenvalue weighted by Crippen LogP contribution is 2.33. The Morgan fingerprint density at radius 2 is 2.00 bits per heavy atom. The maximum absolute atomic E-state index is 13.5. The second kappa shape index (κ2) is 8.57. The molecule has 2 aromatic rings. The summed E-state index contributed by atoms with van der Waals surface area (Å²) >= 11 is 6.54. The average Bonchev–Trinajstić information content (AvgIpc) is 2.97. The normalized spacial score (nSPS) is 23.3. The van der Waals surface area contributed by atoms with E-state index in [0.29, 0.717) is 45.9 Å². The van der Waals surface area contributed by atoms with Crippen LogP contribution in [0.2, 0.25) is 0 Å². The molecule has 2 aliphatic rings. The van der Waals surface area contributed by atoms with Crippen molar-refractivity contribution in [2.24, 2.45) is 0 Å². The Labute approximate surface area is 190 Å². The Kier molecular flexibility index (Phi) is 6.00. The first-order chi connectivity index (χ1) is 14.8. The van der Waals surface area contributed by atoms with E-state index in [1.807, 2.05) is 32.9 Å². The molecule has 4 heterocycles. The third kappa shape index (κ3) is 4.17. The minimum atomic E-state index is -0.224. The van der Waals surface area contributed by atoms with E-state index in [9.17, 15) is 9.59 Å². The van der Waals surface area contributed by atoms with Gasteiger partial charge in [-0.15, -0.1) is 6.58 Å². The Hall–Kier alpha value is -2.49. The van der Waals surface area contributed by atoms with E-state index < -0.39 is 0 Å². The number of anilines is 1. The molecule has 7 nitrogen and oxygen atoms in total. The number of hydrogen-bond donors (Lipinski definition) is 0. The largest absolute Gasteiger partial charge is 0.372 e. The highest BCUT2D eigenvalue weighted by molar-refractivity contribution is 8.26. The van der Waals surface area contributed by atoms with Gasteiger partial charge in [0.15, 0.2) is 0 Å². The van der Waals surface area contributed by atoms with Crippen LogP contribution in [0.1, 0.15) is 25.0 Å². The van der Waals surface area contributed by atoms with Crippen LogP contribution < -0.4 is 10.5 Å². The maximum Gasteiger partial charge on any atom is 0.267 e. The summed E-state index contributed by atoms with van der Waals surface area (Å²) in [5.74, 6) is 0.336. The van der Waals surface area contributed by atoms with Crippen molar-refractivity contribution in [3.05, 3.63) is 57.4 Å². The van der Waals surface area contributed by atoms with Gasteiger partial charge in [-0.05, 0) is 38.5 Å². The zero-order chi connectivity index (χ0) is 22.3. The van der Waals surface area contributed by atoms with Crippen LogP contribution in [-0.4, -0.2) is 56.4 Å². The first-order valence-corrected chi connectivity index (χ1v) is 11.3. The molecule has 1 amide bonds. The summed E-state index contributed by atoms with van der Waals surface area (Å²) in [7, 11) is 0. The molecule has 0 N–H and O–H groups in total. The standard InChI is InChI=1S/C22H24N4O3S2/c1-5-8-25-21(28)17(31-22(25)30)9-16-19(24-11-14(3)29-15(4)12-24)23-18-7-6-13(2)10-26(18)20(16)27/h5-7,9-10,14-15H,1,8,11-12H2,2-4H3/b17-9+. The molecular formula is C22H24N4O3S2. The minimum absolute atomic E-state index is 0.000621. The molecule has 0 bridgehead atoms. The number of morpholine rings is 1. The van der Waals surface area contributed by atoms with E-state index in [1.54, 1.807) is 18.3 Å². The number of hydrogen-bond acceptors (Lipinski definition) is 7. The zero-order valence-corrected chi connectivity index (χ0v) is 19.3. The third-order valence-corrected chi connectivity index (χ3v) is 6.54. The molecule has 2 aromatic heterocycles. The summed E-state index contributed by atoms with van der Waals surface area (Å²) in [6.45, 7) is 11.2. The number of amides is 1. The number of rotatable bonds is 4. The van der Waals surface area contributed by atoms with Crippen molar-refractivity contribution >= 4 is 51.7 Å². The number of carbonyl (C=O) groups excluding carboxylic acids is 1. The molecule has 0 aliphatic carbocycles. The molecule has 4 rings (SSSR count). The summed E-state index contributed by atoms with van der Waals surface area (Å²) in [5, 5.41) is 0. The number of thiocarbonyl (C=S) groups is 1. The Bertz CT molecular complexity index is 1160. The number of ether oxygens (including phenoxy) is 1. The van der Waals surface area contributed by atoms with Gasteiger partial charge in [0.1, 0.15) is 15.8 Å². The van der Waals surface area contributed by atoms with E-state index in [4.69, 9.17) is 21.9 Å². The van der Waals surface area contributed by atoms with E-state index in [0.717, 1.165) is 5.56 Å². The monoisotopic (exact) mass is 456 g/mol. The van der Waals surface area contributed by atoms with Crippen molar-refractivity contribution in [2.45, 2.75) is 33.0 Å². The molecule has 2 saturated heterocycles. The smallest absolute Gasteiger partial charge is 0.267 e. The van der Waals surface area contributed by atoms with Gasteiger partial charge in [0.25, 0.3) is 11.5 Å². The van der Waals surface area contributed by atoms with Crippen molar-refractivity contribution in [1.29, 1.82) is 0 Å². The highest BCUT2D eigenvalue weighted by atomic mass is 32.2. The van der Waals surface area contributed by atoms with Crippen LogP contribution in [0.3, 0.4) is 0 Å². The second-order valence-corrected chi connectivity index (χ2v) is 9.51. The molecule has 0 saturated carbocycles. The van der Waals surface area contributed by atoms with Gasteiger partial charge in [-0.3, -0.25) is 18.9 Å². The molecule has 31 heavy (non-hydrogen) atoms. The molecule has 2 fully saturated rings. The summed E-state index contributed by atoms with van der Waals surface area (Å²) < 4.78 is 7.84. The quantitative estimate of drug-likeness (QED) is 0.398. The van der Waals surface area contributed by atoms with Gasteiger partial charge < -0.3 is 9.64 Å². The Morgan fingerprint density at radius 1 is 1.29 bits per heavy atom. The fraction of sp³-hybridized carbons (Fsp3) is 0.364. The minimum Gasteiger partial charge on any atom is -0.372 e. The third-order valence-electron chi connectivity index (χ3n) is 5.17. The summed E-state index contributed by atoms with van der Waals surface area (Å²) in [4.78, 5) is 35.2. The van der Waals surface area contributed by atoms with Gasteiger partial charge in [0.05, 0.1) is 22.7 Å². The molecule has 0 spiro atoms. The van der Waals surface area contributed by atoms with Crippen molar-refractivity contribution < 1.29 is 9.53 Å². The number of aromatic nitrogens is 2. The summed E-state index contributed by atoms with van der Waals surface area (Å²) in [6, 6.07) is 3.76. The van der Waals surface area contributed by atoms with Crippen LogP contribution in [0.4, 0.5) is 5.82 Å². The van der Waals surface area contributed by atoms with Crippen molar-refractivity contribution in [3.63, 3.8) is 0 Å². The highest BCUT2D eigenvalue weighted by Gasteiger charge is 2.33. The fourth-order valence-electron chi connectivity index (χ4n) is 3.88. The lowest BCUT2D eigenvalue weighted by atomic mass is 10.1. The lowest BCUT2D eigenvalue weighted by Crippen LogP contribution is -2.46. The molecular weight excluding hydrogens is 432 g/mol. The van der Waals surface area contributed by atoms with Crippen LogP contribution in [0.15, 0.2) is 40.7 Å². The van der Waals surface area contributed by atoms with Gasteiger partial charge in [0.2, 0.25) is 0 Å². The van der Waals surface area contributed by atoms with Crippen molar-refractivity contribution in [3.8, 4) is 0 Å². The SMILES string of the molecule is C=CCN1C(=O)/C(=C\c2c(N3CC(C)OC(C)C3)nc3ccc(C)cn3c2=O)SC1=S. The molecule has 2 aliphatic heterocycles. The summed E-state index contributed by atoms with van der Waals surface area (Å²) in [5.41, 5.74) is 1.67. The van der Waals surface area contributed by atoms with E-state index >= 15 is 0 Å². The fourth-order valence-corrected chi connectivity index (χ4v) is 5.14. The number of carbonyl (C=O) groups is 1. The van der Waals surface area contributed by atoms with Gasteiger partial charge >= 0.3 is 0 Å². The van der Waals surface area contributed by atoms with Gasteiger partial charge in [-0.2, -0.15) is 0 Å². The number of fused-ring (bicyclic) bond motifs is 1. The number of pyridine rings is 1. The van der Waals surface area contributed by atoms with Crippen molar-refractivity contribution in [1.82, 2.24) is 14.3 Å².